The minimum absolute atomic E-state index is 0.0256. The zero-order chi connectivity index (χ0) is 15.3. The van der Waals surface area contributed by atoms with Crippen LogP contribution >= 0.6 is 11.6 Å². The van der Waals surface area contributed by atoms with Gasteiger partial charge >= 0.3 is 0 Å². The first-order valence-electron chi connectivity index (χ1n) is 7.10. The van der Waals surface area contributed by atoms with E-state index in [2.05, 4.69) is 20.7 Å². The molecule has 1 atom stereocenters. The molecule has 1 amide bonds. The van der Waals surface area contributed by atoms with Crippen LogP contribution in [0.2, 0.25) is 5.02 Å². The minimum atomic E-state index is -0.0819. The van der Waals surface area contributed by atoms with E-state index in [1.165, 1.54) is 4.52 Å². The van der Waals surface area contributed by atoms with Gasteiger partial charge in [-0.05, 0) is 19.1 Å². The number of hydrogen-bond acceptors (Lipinski definition) is 3. The average Bonchev–Trinajstić information content (AvgIpc) is 3.12. The summed E-state index contributed by atoms with van der Waals surface area (Å²) in [6.07, 6.45) is 5.24. The highest BCUT2D eigenvalue weighted by molar-refractivity contribution is 6.30. The normalized spacial score (nSPS) is 17.7. The van der Waals surface area contributed by atoms with Gasteiger partial charge in [-0.3, -0.25) is 4.79 Å². The Morgan fingerprint density at radius 2 is 2.27 bits per heavy atom. The molecule has 1 unspecified atom stereocenters. The van der Waals surface area contributed by atoms with Gasteiger partial charge in [0.05, 0.1) is 17.3 Å². The Bertz CT molecular complexity index is 868. The van der Waals surface area contributed by atoms with Gasteiger partial charge in [-0.1, -0.05) is 11.6 Å². The first-order chi connectivity index (χ1) is 10.6. The van der Waals surface area contributed by atoms with Crippen LogP contribution < -0.4 is 0 Å². The molecule has 0 aliphatic carbocycles. The number of hydrogen-bond donors (Lipinski definition) is 0. The van der Waals surface area contributed by atoms with Gasteiger partial charge in [0.15, 0.2) is 11.3 Å². The summed E-state index contributed by atoms with van der Waals surface area (Å²) >= 11 is 5.90. The lowest BCUT2D eigenvalue weighted by molar-refractivity contribution is 0.0637. The van der Waals surface area contributed by atoms with Crippen molar-refractivity contribution in [3.63, 3.8) is 0 Å². The Hall–Kier alpha value is -2.34. The summed E-state index contributed by atoms with van der Waals surface area (Å²) in [5.74, 6) is -0.0819. The van der Waals surface area contributed by atoms with Gasteiger partial charge in [-0.25, -0.2) is 9.50 Å². The maximum atomic E-state index is 12.8. The second kappa shape index (κ2) is 4.84. The third-order valence-corrected chi connectivity index (χ3v) is 4.30. The van der Waals surface area contributed by atoms with E-state index in [-0.39, 0.29) is 11.9 Å². The molecule has 1 aliphatic heterocycles. The van der Waals surface area contributed by atoms with Crippen molar-refractivity contribution in [3.05, 3.63) is 53.2 Å². The Morgan fingerprint density at radius 1 is 1.41 bits per heavy atom. The van der Waals surface area contributed by atoms with Gasteiger partial charge in [0.25, 0.3) is 5.91 Å². The van der Waals surface area contributed by atoms with Crippen molar-refractivity contribution < 1.29 is 4.79 Å². The van der Waals surface area contributed by atoms with E-state index in [4.69, 9.17) is 11.6 Å². The molecule has 0 aromatic carbocycles. The molecule has 1 aliphatic rings. The quantitative estimate of drug-likeness (QED) is 0.693. The van der Waals surface area contributed by atoms with Gasteiger partial charge in [-0.15, -0.1) is 0 Å². The van der Waals surface area contributed by atoms with Crippen LogP contribution in [0.4, 0.5) is 0 Å². The highest BCUT2D eigenvalue weighted by Gasteiger charge is 2.29. The number of aromatic nitrogens is 4. The predicted molar refractivity (Wildman–Crippen MR) is 81.9 cm³/mol. The fourth-order valence-corrected chi connectivity index (χ4v) is 3.10. The molecule has 22 heavy (non-hydrogen) atoms. The highest BCUT2D eigenvalue weighted by Crippen LogP contribution is 2.26. The van der Waals surface area contributed by atoms with E-state index < -0.39 is 0 Å². The van der Waals surface area contributed by atoms with Crippen molar-refractivity contribution in [2.45, 2.75) is 19.5 Å². The lowest BCUT2D eigenvalue weighted by Gasteiger charge is -2.34. The smallest absolute Gasteiger partial charge is 0.275 e. The summed E-state index contributed by atoms with van der Waals surface area (Å²) in [7, 11) is 0. The summed E-state index contributed by atoms with van der Waals surface area (Å²) < 4.78 is 3.71. The van der Waals surface area contributed by atoms with E-state index in [1.807, 2.05) is 24.1 Å². The Balaban J connectivity index is 1.68. The largest absolute Gasteiger partial charge is 0.348 e. The van der Waals surface area contributed by atoms with Gasteiger partial charge in [0.2, 0.25) is 0 Å². The van der Waals surface area contributed by atoms with E-state index in [0.717, 1.165) is 12.2 Å². The predicted octanol–water partition coefficient (Wildman–Crippen LogP) is 2.40. The second-order valence-corrected chi connectivity index (χ2v) is 5.84. The van der Waals surface area contributed by atoms with Gasteiger partial charge in [0.1, 0.15) is 0 Å². The molecule has 0 spiro atoms. The lowest BCUT2D eigenvalue weighted by Crippen LogP contribution is -2.40. The molecule has 0 radical (unpaired) electrons. The van der Waals surface area contributed by atoms with Crippen molar-refractivity contribution >= 4 is 23.2 Å². The van der Waals surface area contributed by atoms with Crippen molar-refractivity contribution in [1.82, 2.24) is 24.1 Å². The molecule has 112 valence electrons. The van der Waals surface area contributed by atoms with Gasteiger partial charge in [0, 0.05) is 37.2 Å². The topological polar surface area (TPSA) is 55.4 Å². The number of rotatable bonds is 1. The molecule has 4 heterocycles. The number of carbonyl (C=O) groups is 1. The average molecular weight is 316 g/mol. The summed E-state index contributed by atoms with van der Waals surface area (Å²) in [6.45, 7) is 3.51. The van der Waals surface area contributed by atoms with Crippen LogP contribution in [-0.4, -0.2) is 36.5 Å². The molecule has 0 saturated heterocycles. The molecule has 0 saturated carbocycles. The Morgan fingerprint density at radius 3 is 3.14 bits per heavy atom. The van der Waals surface area contributed by atoms with Crippen molar-refractivity contribution in [1.29, 1.82) is 0 Å². The number of halogens is 1. The van der Waals surface area contributed by atoms with Crippen LogP contribution in [0, 0.1) is 0 Å². The monoisotopic (exact) mass is 315 g/mol. The summed E-state index contributed by atoms with van der Waals surface area (Å²) in [6, 6.07) is 5.78. The van der Waals surface area contributed by atoms with Crippen molar-refractivity contribution in [2.24, 2.45) is 0 Å². The highest BCUT2D eigenvalue weighted by atomic mass is 35.5. The molecule has 3 aromatic rings. The maximum Gasteiger partial charge on any atom is 0.275 e. The molecule has 0 bridgehead atoms. The Labute approximate surface area is 131 Å². The summed E-state index contributed by atoms with van der Waals surface area (Å²) in [4.78, 5) is 18.8. The molecule has 7 heteroatoms. The molecule has 6 nitrogen and oxygen atoms in total. The van der Waals surface area contributed by atoms with Gasteiger partial charge < -0.3 is 9.47 Å². The first kappa shape index (κ1) is 13.3. The molecular formula is C15H14ClN5O. The Kier molecular flexibility index (Phi) is 2.94. The van der Waals surface area contributed by atoms with Crippen LogP contribution in [0.15, 0.2) is 36.8 Å². The number of carbonyl (C=O) groups excluding carboxylic acids is 1. The van der Waals surface area contributed by atoms with Gasteiger partial charge in [-0.2, -0.15) is 5.10 Å². The van der Waals surface area contributed by atoms with E-state index in [9.17, 15) is 4.79 Å². The maximum absolute atomic E-state index is 12.8. The first-order valence-corrected chi connectivity index (χ1v) is 7.48. The van der Waals surface area contributed by atoms with Crippen LogP contribution in [0.25, 0.3) is 5.65 Å². The third kappa shape index (κ3) is 1.99. The third-order valence-electron chi connectivity index (χ3n) is 4.10. The number of nitrogens with zero attached hydrogens (tertiary/aromatic N) is 5. The fraction of sp³-hybridized carbons (Fsp3) is 0.267. The number of amides is 1. The molecule has 0 fully saturated rings. The number of fused-ring (bicyclic) bond motifs is 2. The lowest BCUT2D eigenvalue weighted by atomic mass is 10.1. The van der Waals surface area contributed by atoms with Crippen LogP contribution in [0.5, 0.6) is 0 Å². The summed E-state index contributed by atoms with van der Waals surface area (Å²) in [5, 5.41) is 4.78. The molecule has 0 N–H and O–H groups in total. The van der Waals surface area contributed by atoms with Crippen LogP contribution in [0.1, 0.15) is 29.1 Å². The molecule has 3 aromatic heterocycles. The van der Waals surface area contributed by atoms with Crippen molar-refractivity contribution in [3.8, 4) is 0 Å². The van der Waals surface area contributed by atoms with Crippen LogP contribution in [0.3, 0.4) is 0 Å². The summed E-state index contributed by atoms with van der Waals surface area (Å²) in [5.41, 5.74) is 2.15. The zero-order valence-corrected chi connectivity index (χ0v) is 12.7. The minimum Gasteiger partial charge on any atom is -0.348 e. The van der Waals surface area contributed by atoms with Crippen LogP contribution in [-0.2, 0) is 6.54 Å². The SMILES string of the molecule is CC1c2cccn2CCN1C(=O)c1cc2ncc(Cl)cn2n1. The standard InChI is InChI=1S/C15H14ClN5O/c1-10-13-3-2-4-19(13)5-6-20(10)15(22)12-7-14-17-8-11(16)9-21(14)18-12/h2-4,7-10H,5-6H2,1H3. The van der Waals surface area contributed by atoms with Crippen molar-refractivity contribution in [2.75, 3.05) is 6.54 Å². The second-order valence-electron chi connectivity index (χ2n) is 5.41. The van der Waals surface area contributed by atoms with E-state index in [0.29, 0.717) is 22.9 Å². The molecule has 4 rings (SSSR count). The van der Waals surface area contributed by atoms with E-state index >= 15 is 0 Å². The van der Waals surface area contributed by atoms with E-state index in [1.54, 1.807) is 18.5 Å². The zero-order valence-electron chi connectivity index (χ0n) is 12.0. The molecular weight excluding hydrogens is 302 g/mol. The fourth-order valence-electron chi connectivity index (χ4n) is 2.96.